The van der Waals surface area contributed by atoms with Crippen molar-refractivity contribution in [2.24, 2.45) is 5.92 Å². The Labute approximate surface area is 109 Å². The first kappa shape index (κ1) is 13.6. The van der Waals surface area contributed by atoms with Crippen LogP contribution in [0.4, 0.5) is 4.79 Å². The van der Waals surface area contributed by atoms with Crippen LogP contribution in [0.2, 0.25) is 0 Å². The molecule has 104 valence electrons. The van der Waals surface area contributed by atoms with Crippen molar-refractivity contribution < 1.29 is 14.6 Å². The highest BCUT2D eigenvalue weighted by atomic mass is 16.6. The predicted molar refractivity (Wildman–Crippen MR) is 68.4 cm³/mol. The zero-order valence-electron chi connectivity index (χ0n) is 11.6. The van der Waals surface area contributed by atoms with E-state index in [1.165, 1.54) is 0 Å². The Kier molecular flexibility index (Phi) is 3.82. The number of aliphatic hydroxyl groups is 1. The fraction of sp³-hybridized carbons (Fsp3) is 0.923. The third-order valence-corrected chi connectivity index (χ3v) is 3.61. The molecule has 2 aliphatic heterocycles. The standard InChI is InChI=1S/C13H24N2O3/c1-13(2,3)18-12(17)15-5-4-14-7-10(9-16)6-11(14)8-15/h10-11,16H,4-9H2,1-3H3. The van der Waals surface area contributed by atoms with Crippen LogP contribution in [0.3, 0.4) is 0 Å². The third kappa shape index (κ3) is 3.14. The van der Waals surface area contributed by atoms with Crippen molar-refractivity contribution in [3.05, 3.63) is 0 Å². The van der Waals surface area contributed by atoms with Gasteiger partial charge in [-0.25, -0.2) is 4.79 Å². The van der Waals surface area contributed by atoms with E-state index in [0.717, 1.165) is 32.6 Å². The van der Waals surface area contributed by atoms with Gasteiger partial charge in [0.05, 0.1) is 0 Å². The lowest BCUT2D eigenvalue weighted by Gasteiger charge is -2.37. The molecule has 0 aromatic heterocycles. The van der Waals surface area contributed by atoms with Crippen LogP contribution in [-0.4, -0.2) is 65.4 Å². The highest BCUT2D eigenvalue weighted by Gasteiger charge is 2.38. The average Bonchev–Trinajstić information content (AvgIpc) is 2.68. The highest BCUT2D eigenvalue weighted by molar-refractivity contribution is 5.68. The first-order valence-electron chi connectivity index (χ1n) is 6.72. The number of nitrogens with zero attached hydrogens (tertiary/aromatic N) is 2. The van der Waals surface area contributed by atoms with Crippen molar-refractivity contribution in [3.8, 4) is 0 Å². The lowest BCUT2D eigenvalue weighted by Crippen LogP contribution is -2.53. The molecule has 2 fully saturated rings. The Morgan fingerprint density at radius 3 is 2.67 bits per heavy atom. The molecular weight excluding hydrogens is 232 g/mol. The first-order valence-corrected chi connectivity index (χ1v) is 6.72. The smallest absolute Gasteiger partial charge is 0.410 e. The van der Waals surface area contributed by atoms with E-state index in [0.29, 0.717) is 12.0 Å². The Morgan fingerprint density at radius 2 is 2.06 bits per heavy atom. The summed E-state index contributed by atoms with van der Waals surface area (Å²) >= 11 is 0. The van der Waals surface area contributed by atoms with E-state index in [-0.39, 0.29) is 12.7 Å². The fourth-order valence-corrected chi connectivity index (χ4v) is 2.77. The summed E-state index contributed by atoms with van der Waals surface area (Å²) in [6.07, 6.45) is 0.769. The number of hydrogen-bond acceptors (Lipinski definition) is 4. The maximum absolute atomic E-state index is 12.0. The van der Waals surface area contributed by atoms with Crippen molar-refractivity contribution in [2.45, 2.75) is 38.8 Å². The molecule has 0 aromatic carbocycles. The lowest BCUT2D eigenvalue weighted by molar-refractivity contribution is 0.00921. The van der Waals surface area contributed by atoms with Gasteiger partial charge < -0.3 is 14.7 Å². The van der Waals surface area contributed by atoms with Gasteiger partial charge in [-0.3, -0.25) is 4.90 Å². The fourth-order valence-electron chi connectivity index (χ4n) is 2.77. The topological polar surface area (TPSA) is 53.0 Å². The van der Waals surface area contributed by atoms with Crippen LogP contribution in [0.5, 0.6) is 0 Å². The number of rotatable bonds is 1. The SMILES string of the molecule is CC(C)(C)OC(=O)N1CCN2CC(CO)CC2C1. The van der Waals surface area contributed by atoms with Gasteiger partial charge in [-0.15, -0.1) is 0 Å². The summed E-state index contributed by atoms with van der Waals surface area (Å²) in [6, 6.07) is 0.392. The van der Waals surface area contributed by atoms with Crippen LogP contribution in [0.15, 0.2) is 0 Å². The molecule has 5 nitrogen and oxygen atoms in total. The second-order valence-electron chi connectivity index (χ2n) is 6.36. The van der Waals surface area contributed by atoms with E-state index >= 15 is 0 Å². The van der Waals surface area contributed by atoms with Crippen molar-refractivity contribution in [1.82, 2.24) is 9.80 Å². The zero-order chi connectivity index (χ0) is 13.3. The minimum Gasteiger partial charge on any atom is -0.444 e. The van der Waals surface area contributed by atoms with E-state index in [1.54, 1.807) is 4.90 Å². The van der Waals surface area contributed by atoms with Gasteiger partial charge in [0, 0.05) is 38.8 Å². The number of ether oxygens (including phenoxy) is 1. The largest absolute Gasteiger partial charge is 0.444 e. The summed E-state index contributed by atoms with van der Waals surface area (Å²) in [5.41, 5.74) is -0.433. The van der Waals surface area contributed by atoms with Gasteiger partial charge in [0.2, 0.25) is 0 Å². The summed E-state index contributed by atoms with van der Waals surface area (Å²) in [5.74, 6) is 0.369. The average molecular weight is 256 g/mol. The van der Waals surface area contributed by atoms with Gasteiger partial charge in [-0.1, -0.05) is 0 Å². The van der Waals surface area contributed by atoms with E-state index in [1.807, 2.05) is 20.8 Å². The third-order valence-electron chi connectivity index (χ3n) is 3.61. The molecule has 2 atom stereocenters. The minimum atomic E-state index is -0.433. The second-order valence-corrected chi connectivity index (χ2v) is 6.36. The first-order chi connectivity index (χ1) is 8.39. The molecule has 2 aliphatic rings. The molecule has 18 heavy (non-hydrogen) atoms. The molecule has 2 heterocycles. The van der Waals surface area contributed by atoms with E-state index in [2.05, 4.69) is 4.90 Å². The summed E-state index contributed by atoms with van der Waals surface area (Å²) < 4.78 is 5.40. The van der Waals surface area contributed by atoms with Crippen molar-refractivity contribution in [3.63, 3.8) is 0 Å². The van der Waals surface area contributed by atoms with Gasteiger partial charge in [-0.2, -0.15) is 0 Å². The molecule has 5 heteroatoms. The Hall–Kier alpha value is -0.810. The van der Waals surface area contributed by atoms with Gasteiger partial charge >= 0.3 is 6.09 Å². The maximum atomic E-state index is 12.0. The molecule has 0 bridgehead atoms. The van der Waals surface area contributed by atoms with E-state index in [9.17, 15) is 9.90 Å². The zero-order valence-corrected chi connectivity index (χ0v) is 11.6. The molecule has 2 unspecified atom stereocenters. The summed E-state index contributed by atoms with van der Waals surface area (Å²) in [6.45, 7) is 9.22. The van der Waals surface area contributed by atoms with E-state index < -0.39 is 5.60 Å². The van der Waals surface area contributed by atoms with Gasteiger partial charge in [0.25, 0.3) is 0 Å². The normalized spacial score (nSPS) is 29.2. The summed E-state index contributed by atoms with van der Waals surface area (Å²) in [4.78, 5) is 16.2. The van der Waals surface area contributed by atoms with Crippen LogP contribution in [0, 0.1) is 5.92 Å². The number of carbonyl (C=O) groups is 1. The number of aliphatic hydroxyl groups excluding tert-OH is 1. The summed E-state index contributed by atoms with van der Waals surface area (Å²) in [7, 11) is 0. The number of fused-ring (bicyclic) bond motifs is 1. The Bertz CT molecular complexity index is 314. The number of hydrogen-bond donors (Lipinski definition) is 1. The van der Waals surface area contributed by atoms with Crippen LogP contribution in [0.25, 0.3) is 0 Å². The Balaban J connectivity index is 1.89. The van der Waals surface area contributed by atoms with Gasteiger partial charge in [-0.05, 0) is 33.1 Å². The summed E-state index contributed by atoms with van der Waals surface area (Å²) in [5, 5.41) is 9.21. The predicted octanol–water partition coefficient (Wildman–Crippen LogP) is 0.920. The highest BCUT2D eigenvalue weighted by Crippen LogP contribution is 2.26. The molecule has 1 N–H and O–H groups in total. The number of amides is 1. The molecule has 0 saturated carbocycles. The van der Waals surface area contributed by atoms with Gasteiger partial charge in [0.1, 0.15) is 5.60 Å². The van der Waals surface area contributed by atoms with Crippen LogP contribution < -0.4 is 0 Å². The van der Waals surface area contributed by atoms with Crippen LogP contribution in [-0.2, 0) is 4.74 Å². The molecule has 2 saturated heterocycles. The molecule has 0 aliphatic carbocycles. The monoisotopic (exact) mass is 256 g/mol. The molecule has 1 amide bonds. The molecule has 0 aromatic rings. The minimum absolute atomic E-state index is 0.213. The maximum Gasteiger partial charge on any atom is 0.410 e. The molecule has 0 spiro atoms. The number of carbonyl (C=O) groups excluding carboxylic acids is 1. The number of piperazine rings is 1. The van der Waals surface area contributed by atoms with E-state index in [4.69, 9.17) is 4.74 Å². The second kappa shape index (κ2) is 5.05. The van der Waals surface area contributed by atoms with Crippen molar-refractivity contribution in [1.29, 1.82) is 0 Å². The lowest BCUT2D eigenvalue weighted by atomic mass is 10.1. The Morgan fingerprint density at radius 1 is 1.33 bits per heavy atom. The van der Waals surface area contributed by atoms with Gasteiger partial charge in [0.15, 0.2) is 0 Å². The van der Waals surface area contributed by atoms with Crippen molar-refractivity contribution >= 4 is 6.09 Å². The van der Waals surface area contributed by atoms with Crippen LogP contribution in [0.1, 0.15) is 27.2 Å². The molecule has 0 radical (unpaired) electrons. The quantitative estimate of drug-likeness (QED) is 0.758. The van der Waals surface area contributed by atoms with Crippen molar-refractivity contribution in [2.75, 3.05) is 32.8 Å². The molecular formula is C13H24N2O3. The molecule has 2 rings (SSSR count). The van der Waals surface area contributed by atoms with Crippen LogP contribution >= 0.6 is 0 Å².